The summed E-state index contributed by atoms with van der Waals surface area (Å²) in [5, 5.41) is 40.4. The summed E-state index contributed by atoms with van der Waals surface area (Å²) in [6.45, 7) is 1.27. The zero-order valence-corrected chi connectivity index (χ0v) is 27.4. The first-order chi connectivity index (χ1) is 23.3. The number of carbonyl (C=O) groups excluding carboxylic acids is 4. The zero-order chi connectivity index (χ0) is 37.1. The molecule has 266 valence electrons. The summed E-state index contributed by atoms with van der Waals surface area (Å²) in [5.74, 6) is -6.22. The van der Waals surface area contributed by atoms with Gasteiger partial charge < -0.3 is 41.9 Å². The van der Waals surface area contributed by atoms with Crippen molar-refractivity contribution in [3.8, 4) is 5.75 Å². The standard InChI is InChI=1S/C27H28N8O13S2/c1-27(2,25(42)43)48-33-19(15-11-49-26(28)31-15)23(40)32-20-16(35(24(20)41)50(45,46)47)9-30-22(39)13-5-3-4-12(6-13)21(38)29-8-14-7-17(36)18(37)10-34(14)44/h3-7,10-11,16,20,37,44H,8-9H2,1-2H3,(H2,28,31)(H,29,38)(H,30,39)(H,32,40)(H,42,43)(H,45,46,47)/t16-,20-/m0/s1. The highest BCUT2D eigenvalue weighted by molar-refractivity contribution is 7.84. The normalized spacial score (nSPS) is 16.3. The molecule has 4 amide bonds. The van der Waals surface area contributed by atoms with Gasteiger partial charge in [-0.05, 0) is 32.0 Å². The van der Waals surface area contributed by atoms with Crippen LogP contribution < -0.4 is 27.1 Å². The molecule has 0 saturated carbocycles. The molecule has 0 radical (unpaired) electrons. The molecule has 2 aromatic heterocycles. The molecule has 3 heterocycles. The molecule has 0 spiro atoms. The number of nitrogen functional groups attached to an aromatic ring is 1. The van der Waals surface area contributed by atoms with Gasteiger partial charge >= 0.3 is 16.3 Å². The second-order valence-corrected chi connectivity index (χ2v) is 13.1. The summed E-state index contributed by atoms with van der Waals surface area (Å²) < 4.78 is 34.1. The van der Waals surface area contributed by atoms with Crippen LogP contribution in [-0.2, 0) is 36.1 Å². The first-order valence-corrected chi connectivity index (χ1v) is 16.2. The van der Waals surface area contributed by atoms with Crippen molar-refractivity contribution < 1.29 is 57.2 Å². The number of rotatable bonds is 13. The van der Waals surface area contributed by atoms with E-state index in [0.29, 0.717) is 4.73 Å². The maximum Gasteiger partial charge on any atom is 0.362 e. The largest absolute Gasteiger partial charge is 0.503 e. The van der Waals surface area contributed by atoms with Crippen molar-refractivity contribution in [2.24, 2.45) is 5.16 Å². The van der Waals surface area contributed by atoms with Crippen LogP contribution in [0.5, 0.6) is 5.75 Å². The van der Waals surface area contributed by atoms with Gasteiger partial charge in [-0.3, -0.25) is 28.5 Å². The van der Waals surface area contributed by atoms with Gasteiger partial charge in [-0.25, -0.2) is 14.1 Å². The minimum Gasteiger partial charge on any atom is -0.503 e. The third-order valence-electron chi connectivity index (χ3n) is 6.94. The van der Waals surface area contributed by atoms with Crippen LogP contribution >= 0.6 is 11.3 Å². The molecule has 9 N–H and O–H groups in total. The van der Waals surface area contributed by atoms with Gasteiger partial charge in [-0.2, -0.15) is 13.1 Å². The Morgan fingerprint density at radius 3 is 2.34 bits per heavy atom. The molecule has 3 aromatic rings. The van der Waals surface area contributed by atoms with Crippen LogP contribution in [0.4, 0.5) is 5.13 Å². The number of pyridine rings is 1. The topological polar surface area (TPSA) is 322 Å². The molecular formula is C27H28N8O13S2. The Kier molecular flexibility index (Phi) is 10.4. The second-order valence-electron chi connectivity index (χ2n) is 10.9. The smallest absolute Gasteiger partial charge is 0.362 e. The molecule has 1 aromatic carbocycles. The third kappa shape index (κ3) is 8.13. The fourth-order valence-corrected chi connectivity index (χ4v) is 5.66. The molecule has 21 nitrogen and oxygen atoms in total. The van der Waals surface area contributed by atoms with Crippen LogP contribution in [0, 0.1) is 0 Å². The molecule has 2 atom stereocenters. The van der Waals surface area contributed by atoms with Gasteiger partial charge in [0.05, 0.1) is 24.5 Å². The number of hydrogen-bond donors (Lipinski definition) is 8. The van der Waals surface area contributed by atoms with Crippen LogP contribution in [0.15, 0.2) is 51.9 Å². The van der Waals surface area contributed by atoms with Gasteiger partial charge in [-0.1, -0.05) is 11.2 Å². The Bertz CT molecular complexity index is 2080. The van der Waals surface area contributed by atoms with Gasteiger partial charge in [0, 0.05) is 29.1 Å². The van der Waals surface area contributed by atoms with Crippen molar-refractivity contribution in [1.82, 2.24) is 30.0 Å². The number of carboxylic acids is 1. The van der Waals surface area contributed by atoms with Crippen LogP contribution in [0.25, 0.3) is 0 Å². The highest BCUT2D eigenvalue weighted by Gasteiger charge is 2.54. The van der Waals surface area contributed by atoms with E-state index in [-0.39, 0.29) is 38.5 Å². The van der Waals surface area contributed by atoms with E-state index < -0.39 is 81.0 Å². The number of aromatic nitrogens is 2. The molecule has 1 aliphatic heterocycles. The Hall–Kier alpha value is -6.07. The summed E-state index contributed by atoms with van der Waals surface area (Å²) in [6, 6.07) is 2.78. The average molecular weight is 737 g/mol. The van der Waals surface area contributed by atoms with E-state index in [1.807, 2.05) is 0 Å². The number of thiazole rings is 1. The SMILES string of the molecule is CC(C)(ON=C(C(=O)N[C@@H]1C(=O)N(S(=O)(=O)O)[C@H]1CNC(=O)c1cccc(C(=O)NCc2cc(=O)c(O)cn2O)c1)c1csc(N)n1)C(=O)O. The number of aromatic hydroxyl groups is 1. The predicted octanol–water partition coefficient (Wildman–Crippen LogP) is -1.73. The molecule has 23 heteroatoms. The van der Waals surface area contributed by atoms with E-state index >= 15 is 0 Å². The van der Waals surface area contributed by atoms with Gasteiger partial charge in [0.1, 0.15) is 11.7 Å². The Balaban J connectivity index is 1.48. The number of hydrogen-bond acceptors (Lipinski definition) is 15. The Morgan fingerprint density at radius 1 is 1.12 bits per heavy atom. The number of amides is 4. The lowest BCUT2D eigenvalue weighted by molar-refractivity contribution is -0.161. The van der Waals surface area contributed by atoms with Gasteiger partial charge in [0.15, 0.2) is 16.6 Å². The number of nitrogens with two attached hydrogens (primary N) is 1. The highest BCUT2D eigenvalue weighted by Crippen LogP contribution is 2.24. The summed E-state index contributed by atoms with van der Waals surface area (Å²) in [7, 11) is -5.18. The number of benzene rings is 1. The fraction of sp³-hybridized carbons (Fsp3) is 0.259. The third-order valence-corrected chi connectivity index (χ3v) is 8.56. The van der Waals surface area contributed by atoms with Crippen LogP contribution in [0.1, 0.15) is 46.0 Å². The first-order valence-electron chi connectivity index (χ1n) is 13.9. The zero-order valence-electron chi connectivity index (χ0n) is 25.8. The van der Waals surface area contributed by atoms with Crippen molar-refractivity contribution in [2.75, 3.05) is 12.3 Å². The maximum atomic E-state index is 13.3. The molecule has 1 aliphatic rings. The van der Waals surface area contributed by atoms with E-state index in [1.165, 1.54) is 23.6 Å². The number of β-lactam (4-membered cyclic amide) rings is 1. The monoisotopic (exact) mass is 736 g/mol. The predicted molar refractivity (Wildman–Crippen MR) is 169 cm³/mol. The number of anilines is 1. The van der Waals surface area contributed by atoms with Crippen molar-refractivity contribution in [1.29, 1.82) is 0 Å². The fourth-order valence-electron chi connectivity index (χ4n) is 4.23. The van der Waals surface area contributed by atoms with E-state index in [0.717, 1.165) is 43.5 Å². The number of aliphatic carboxylic acids is 1. The van der Waals surface area contributed by atoms with Crippen molar-refractivity contribution in [3.63, 3.8) is 0 Å². The van der Waals surface area contributed by atoms with Gasteiger partial charge in [-0.15, -0.1) is 11.3 Å². The highest BCUT2D eigenvalue weighted by atomic mass is 32.2. The molecule has 1 fully saturated rings. The van der Waals surface area contributed by atoms with E-state index in [2.05, 4.69) is 26.1 Å². The van der Waals surface area contributed by atoms with Gasteiger partial charge in [0.25, 0.3) is 23.6 Å². The number of carboxylic acid groups (broad SMARTS) is 1. The lowest BCUT2D eigenvalue weighted by atomic mass is 9.98. The summed E-state index contributed by atoms with van der Waals surface area (Å²) in [5.41, 5.74) is 1.89. The average Bonchev–Trinajstić information content (AvgIpc) is 3.47. The van der Waals surface area contributed by atoms with Crippen molar-refractivity contribution in [2.45, 2.75) is 38.1 Å². The number of oxime groups is 1. The molecule has 50 heavy (non-hydrogen) atoms. The van der Waals surface area contributed by atoms with Crippen LogP contribution in [0.2, 0.25) is 0 Å². The second kappa shape index (κ2) is 14.2. The summed E-state index contributed by atoms with van der Waals surface area (Å²) >= 11 is 0.891. The van der Waals surface area contributed by atoms with Crippen molar-refractivity contribution in [3.05, 3.63) is 74.6 Å². The Labute approximate surface area is 284 Å². The minimum absolute atomic E-state index is 0.00844. The van der Waals surface area contributed by atoms with Crippen LogP contribution in [0.3, 0.4) is 0 Å². The molecule has 0 bridgehead atoms. The molecular weight excluding hydrogens is 708 g/mol. The number of nitrogens with zero attached hydrogens (tertiary/aromatic N) is 4. The van der Waals surface area contributed by atoms with E-state index in [9.17, 15) is 57.2 Å². The lowest BCUT2D eigenvalue weighted by Crippen LogP contribution is -2.74. The van der Waals surface area contributed by atoms with Gasteiger partial charge in [0.2, 0.25) is 11.0 Å². The minimum atomic E-state index is -5.18. The molecule has 0 aliphatic carbocycles. The quantitative estimate of drug-likeness (QED) is 0.0318. The summed E-state index contributed by atoms with van der Waals surface area (Å²) in [6.07, 6.45) is 0.741. The molecule has 0 unspecified atom stereocenters. The van der Waals surface area contributed by atoms with E-state index in [4.69, 9.17) is 10.6 Å². The summed E-state index contributed by atoms with van der Waals surface area (Å²) in [4.78, 5) is 83.7. The van der Waals surface area contributed by atoms with Crippen molar-refractivity contribution >= 4 is 62.1 Å². The molecule has 1 saturated heterocycles. The molecule has 4 rings (SSSR count). The number of carbonyl (C=O) groups is 5. The lowest BCUT2D eigenvalue weighted by Gasteiger charge is -2.44. The maximum absolute atomic E-state index is 13.3. The number of nitrogens with one attached hydrogen (secondary N) is 3. The van der Waals surface area contributed by atoms with E-state index in [1.54, 1.807) is 0 Å². The Morgan fingerprint density at radius 2 is 1.76 bits per heavy atom. The van der Waals surface area contributed by atoms with Crippen LogP contribution in [-0.4, -0.2) is 102 Å². The first kappa shape index (κ1) is 36.8.